The quantitative estimate of drug-likeness (QED) is 0.288. The van der Waals surface area contributed by atoms with Crippen LogP contribution in [0.1, 0.15) is 32.7 Å². The van der Waals surface area contributed by atoms with Crippen molar-refractivity contribution < 1.29 is 15.1 Å². The minimum Gasteiger partial charge on any atom is -0.508 e. The summed E-state index contributed by atoms with van der Waals surface area (Å²) >= 11 is 0. The van der Waals surface area contributed by atoms with Gasteiger partial charge in [-0.1, -0.05) is 6.07 Å². The van der Waals surface area contributed by atoms with E-state index >= 15 is 0 Å². The van der Waals surface area contributed by atoms with Gasteiger partial charge in [-0.2, -0.15) is 0 Å². The van der Waals surface area contributed by atoms with Crippen molar-refractivity contribution in [1.29, 1.82) is 0 Å². The number of pyridine rings is 1. The van der Waals surface area contributed by atoms with Crippen molar-refractivity contribution in [3.05, 3.63) is 52.3 Å². The molecule has 0 aliphatic carbocycles. The summed E-state index contributed by atoms with van der Waals surface area (Å²) in [6.07, 6.45) is 1.59. The van der Waals surface area contributed by atoms with Crippen molar-refractivity contribution in [1.82, 2.24) is 14.7 Å². The third kappa shape index (κ3) is 2.63. The SMILES string of the molecule is Cc1cc2c(C(=O)N(N)O)cn(-c3c(C)ccc(O)c3C)c2nc1C. The number of hydroxylamine groups is 1. The third-order valence-corrected chi connectivity index (χ3v) is 4.51. The molecule has 2 heterocycles. The maximum atomic E-state index is 12.3. The fourth-order valence-electron chi connectivity index (χ4n) is 2.99. The molecule has 4 N–H and O–H groups in total. The molecule has 0 saturated heterocycles. The number of phenolic OH excluding ortho intramolecular Hbond substituents is 1. The maximum Gasteiger partial charge on any atom is 0.294 e. The van der Waals surface area contributed by atoms with Crippen LogP contribution in [-0.4, -0.2) is 30.9 Å². The van der Waals surface area contributed by atoms with Crippen LogP contribution in [0.3, 0.4) is 0 Å². The molecule has 0 saturated carbocycles. The van der Waals surface area contributed by atoms with Crippen molar-refractivity contribution in [2.75, 3.05) is 0 Å². The van der Waals surface area contributed by atoms with Crippen LogP contribution in [0.4, 0.5) is 0 Å². The molecular formula is C18H20N4O3. The number of phenols is 1. The summed E-state index contributed by atoms with van der Waals surface area (Å²) in [6.45, 7) is 7.50. The van der Waals surface area contributed by atoms with Gasteiger partial charge in [0.25, 0.3) is 5.91 Å². The van der Waals surface area contributed by atoms with Crippen molar-refractivity contribution in [2.45, 2.75) is 27.7 Å². The Morgan fingerprint density at radius 2 is 1.88 bits per heavy atom. The number of hydrogen-bond donors (Lipinski definition) is 3. The number of aromatic hydroxyl groups is 1. The Morgan fingerprint density at radius 1 is 1.20 bits per heavy atom. The lowest BCUT2D eigenvalue weighted by atomic mass is 10.1. The first-order chi connectivity index (χ1) is 11.7. The lowest BCUT2D eigenvalue weighted by Crippen LogP contribution is -2.33. The maximum absolute atomic E-state index is 12.3. The summed E-state index contributed by atoms with van der Waals surface area (Å²) in [5.41, 5.74) is 4.87. The molecular weight excluding hydrogens is 320 g/mol. The monoisotopic (exact) mass is 340 g/mol. The van der Waals surface area contributed by atoms with Crippen LogP contribution < -0.4 is 5.84 Å². The number of rotatable bonds is 2. The average Bonchev–Trinajstić information content (AvgIpc) is 2.89. The molecule has 0 bridgehead atoms. The lowest BCUT2D eigenvalue weighted by molar-refractivity contribution is -0.0594. The molecule has 3 rings (SSSR count). The van der Waals surface area contributed by atoms with E-state index in [9.17, 15) is 15.1 Å². The zero-order valence-electron chi connectivity index (χ0n) is 14.5. The van der Waals surface area contributed by atoms with E-state index < -0.39 is 5.91 Å². The van der Waals surface area contributed by atoms with E-state index in [1.807, 2.05) is 26.8 Å². The molecule has 2 aromatic heterocycles. The molecule has 0 atom stereocenters. The highest BCUT2D eigenvalue weighted by atomic mass is 16.5. The number of nitrogens with zero attached hydrogens (tertiary/aromatic N) is 3. The average molecular weight is 340 g/mol. The van der Waals surface area contributed by atoms with Crippen molar-refractivity contribution in [3.8, 4) is 11.4 Å². The fourth-order valence-corrected chi connectivity index (χ4v) is 2.99. The van der Waals surface area contributed by atoms with Crippen LogP contribution in [0.25, 0.3) is 16.7 Å². The molecule has 1 aromatic carbocycles. The van der Waals surface area contributed by atoms with E-state index in [0.717, 1.165) is 22.5 Å². The van der Waals surface area contributed by atoms with Gasteiger partial charge in [0.1, 0.15) is 11.4 Å². The number of carbonyl (C=O) groups is 1. The molecule has 7 heteroatoms. The summed E-state index contributed by atoms with van der Waals surface area (Å²) in [5.74, 6) is 4.65. The highest BCUT2D eigenvalue weighted by Crippen LogP contribution is 2.32. The van der Waals surface area contributed by atoms with E-state index in [2.05, 4.69) is 4.98 Å². The normalized spacial score (nSPS) is 11.1. The Hall–Kier alpha value is -2.90. The largest absolute Gasteiger partial charge is 0.508 e. The minimum absolute atomic E-state index is 0.0660. The summed E-state index contributed by atoms with van der Waals surface area (Å²) in [4.78, 5) is 16.9. The molecule has 0 aliphatic heterocycles. The molecule has 0 unspecified atom stereocenters. The number of hydrazine groups is 1. The first-order valence-corrected chi connectivity index (χ1v) is 7.79. The van der Waals surface area contributed by atoms with Crippen LogP contribution in [0.15, 0.2) is 24.4 Å². The van der Waals surface area contributed by atoms with Gasteiger partial charge in [0.2, 0.25) is 0 Å². The van der Waals surface area contributed by atoms with Crippen LogP contribution in [-0.2, 0) is 0 Å². The van der Waals surface area contributed by atoms with E-state index in [1.165, 1.54) is 0 Å². The van der Waals surface area contributed by atoms with Gasteiger partial charge in [0.05, 0.1) is 11.3 Å². The van der Waals surface area contributed by atoms with Crippen LogP contribution in [0.2, 0.25) is 0 Å². The zero-order valence-corrected chi connectivity index (χ0v) is 14.5. The van der Waals surface area contributed by atoms with Crippen LogP contribution in [0, 0.1) is 27.7 Å². The predicted octanol–water partition coefficient (Wildman–Crippen LogP) is 2.67. The summed E-state index contributed by atoms with van der Waals surface area (Å²) in [7, 11) is 0. The first-order valence-electron chi connectivity index (χ1n) is 7.79. The number of aromatic nitrogens is 2. The molecule has 0 aliphatic rings. The van der Waals surface area contributed by atoms with Gasteiger partial charge >= 0.3 is 0 Å². The second kappa shape index (κ2) is 5.87. The number of aryl methyl sites for hydroxylation is 3. The number of carbonyl (C=O) groups excluding carboxylic acids is 1. The molecule has 1 amide bonds. The number of benzene rings is 1. The van der Waals surface area contributed by atoms with Crippen LogP contribution >= 0.6 is 0 Å². The fraction of sp³-hybridized carbons (Fsp3) is 0.222. The van der Waals surface area contributed by atoms with Crippen molar-refractivity contribution in [2.24, 2.45) is 5.84 Å². The summed E-state index contributed by atoms with van der Waals surface area (Å²) in [5, 5.41) is 20.1. The predicted molar refractivity (Wildman–Crippen MR) is 93.8 cm³/mol. The Labute approximate surface area is 144 Å². The van der Waals surface area contributed by atoms with Gasteiger partial charge in [0.15, 0.2) is 0 Å². The Balaban J connectivity index is 2.43. The Kier molecular flexibility index (Phi) is 3.98. The molecule has 0 spiro atoms. The van der Waals surface area contributed by atoms with Gasteiger partial charge in [-0.25, -0.2) is 10.8 Å². The molecule has 7 nitrogen and oxygen atoms in total. The summed E-state index contributed by atoms with van der Waals surface area (Å²) in [6, 6.07) is 5.27. The van der Waals surface area contributed by atoms with E-state index in [4.69, 9.17) is 5.84 Å². The zero-order chi connectivity index (χ0) is 18.5. The molecule has 25 heavy (non-hydrogen) atoms. The second-order valence-electron chi connectivity index (χ2n) is 6.20. The standard InChI is InChI=1S/C18H20N4O3/c1-9-5-6-15(23)11(3)16(9)21-8-14(18(24)22(19)25)13-7-10(2)12(4)20-17(13)21/h5-8,23,25H,19H2,1-4H3. The lowest BCUT2D eigenvalue weighted by Gasteiger charge is -2.14. The van der Waals surface area contributed by atoms with Gasteiger partial charge in [-0.15, -0.1) is 5.17 Å². The van der Waals surface area contributed by atoms with E-state index in [-0.39, 0.29) is 16.5 Å². The highest BCUT2D eigenvalue weighted by molar-refractivity contribution is 6.06. The van der Waals surface area contributed by atoms with Gasteiger partial charge in [-0.3, -0.25) is 14.6 Å². The van der Waals surface area contributed by atoms with Gasteiger partial charge < -0.3 is 5.11 Å². The van der Waals surface area contributed by atoms with Gasteiger partial charge in [0, 0.05) is 22.8 Å². The van der Waals surface area contributed by atoms with Crippen molar-refractivity contribution in [3.63, 3.8) is 0 Å². The van der Waals surface area contributed by atoms with Crippen molar-refractivity contribution >= 4 is 16.9 Å². The third-order valence-electron chi connectivity index (χ3n) is 4.51. The minimum atomic E-state index is -0.732. The highest BCUT2D eigenvalue weighted by Gasteiger charge is 2.22. The van der Waals surface area contributed by atoms with E-state index in [0.29, 0.717) is 16.6 Å². The number of fused-ring (bicyclic) bond motifs is 1. The van der Waals surface area contributed by atoms with Gasteiger partial charge in [-0.05, 0) is 51.0 Å². The molecule has 0 radical (unpaired) electrons. The molecule has 3 aromatic rings. The smallest absolute Gasteiger partial charge is 0.294 e. The number of hydrogen-bond acceptors (Lipinski definition) is 5. The summed E-state index contributed by atoms with van der Waals surface area (Å²) < 4.78 is 1.75. The Bertz CT molecular complexity index is 1010. The van der Waals surface area contributed by atoms with Crippen LogP contribution in [0.5, 0.6) is 5.75 Å². The molecule has 130 valence electrons. The van der Waals surface area contributed by atoms with E-state index in [1.54, 1.807) is 29.8 Å². The first kappa shape index (κ1) is 16.9. The number of nitrogens with two attached hydrogens (primary N) is 1. The Morgan fingerprint density at radius 3 is 2.52 bits per heavy atom. The topological polar surface area (TPSA) is 105 Å². The molecule has 0 fully saturated rings. The number of amides is 1. The second-order valence-corrected chi connectivity index (χ2v) is 6.20.